The predicted octanol–water partition coefficient (Wildman–Crippen LogP) is 2.16. The summed E-state index contributed by atoms with van der Waals surface area (Å²) in [6.45, 7) is 5.10. The number of hydrogen-bond donors (Lipinski definition) is 1. The van der Waals surface area contributed by atoms with Gasteiger partial charge in [0.15, 0.2) is 0 Å². The molecule has 1 N–H and O–H groups in total. The van der Waals surface area contributed by atoms with Gasteiger partial charge < -0.3 is 5.32 Å². The van der Waals surface area contributed by atoms with Crippen LogP contribution < -0.4 is 5.32 Å². The van der Waals surface area contributed by atoms with Gasteiger partial charge in [0.2, 0.25) is 0 Å². The fraction of sp³-hybridized carbons (Fsp3) is 0.500. The third kappa shape index (κ3) is 1.80. The molecule has 1 aliphatic rings. The Morgan fingerprint density at radius 2 is 2.07 bits per heavy atom. The van der Waals surface area contributed by atoms with Crippen molar-refractivity contribution in [2.75, 3.05) is 13.1 Å². The number of hydrogen-bond acceptors (Lipinski definition) is 1. The Kier molecular flexibility index (Phi) is 2.31. The van der Waals surface area contributed by atoms with Gasteiger partial charge in [0.1, 0.15) is 5.67 Å². The summed E-state index contributed by atoms with van der Waals surface area (Å²) in [5, 5.41) is 2.98. The SMILES string of the molecule is Cc1ccc(C)c(CC2(F)CNC2)c1. The number of rotatable bonds is 2. The van der Waals surface area contributed by atoms with E-state index in [1.807, 2.05) is 13.8 Å². The van der Waals surface area contributed by atoms with E-state index in [9.17, 15) is 4.39 Å². The predicted molar refractivity (Wildman–Crippen MR) is 56.3 cm³/mol. The molecule has 76 valence electrons. The molecule has 0 saturated carbocycles. The molecule has 0 spiro atoms. The van der Waals surface area contributed by atoms with Crippen molar-refractivity contribution in [1.29, 1.82) is 0 Å². The Morgan fingerprint density at radius 1 is 1.36 bits per heavy atom. The maximum absolute atomic E-state index is 13.8. The molecule has 1 aromatic carbocycles. The van der Waals surface area contributed by atoms with Crippen LogP contribution in [0.1, 0.15) is 16.7 Å². The van der Waals surface area contributed by atoms with E-state index in [2.05, 4.69) is 23.5 Å². The van der Waals surface area contributed by atoms with Crippen LogP contribution in [0.2, 0.25) is 0 Å². The number of nitrogens with one attached hydrogen (secondary N) is 1. The van der Waals surface area contributed by atoms with Crippen LogP contribution in [0.25, 0.3) is 0 Å². The van der Waals surface area contributed by atoms with Gasteiger partial charge in [-0.05, 0) is 25.0 Å². The lowest BCUT2D eigenvalue weighted by molar-refractivity contribution is 0.0910. The zero-order valence-electron chi connectivity index (χ0n) is 8.73. The number of aryl methyl sites for hydroxylation is 2. The molecule has 0 unspecified atom stereocenters. The number of halogens is 1. The summed E-state index contributed by atoms with van der Waals surface area (Å²) >= 11 is 0. The van der Waals surface area contributed by atoms with Gasteiger partial charge in [-0.25, -0.2) is 4.39 Å². The molecule has 0 amide bonds. The van der Waals surface area contributed by atoms with Crippen molar-refractivity contribution in [1.82, 2.24) is 5.32 Å². The van der Waals surface area contributed by atoms with Crippen molar-refractivity contribution in [2.45, 2.75) is 25.9 Å². The zero-order chi connectivity index (χ0) is 10.2. The molecule has 1 heterocycles. The molecule has 1 saturated heterocycles. The topological polar surface area (TPSA) is 12.0 Å². The standard InChI is InChI=1S/C12H16FN/c1-9-3-4-10(2)11(5-9)6-12(13)7-14-8-12/h3-5,14H,6-8H2,1-2H3. The normalized spacial score (nSPS) is 19.1. The highest BCUT2D eigenvalue weighted by Crippen LogP contribution is 2.24. The van der Waals surface area contributed by atoms with Crippen LogP contribution in [0.5, 0.6) is 0 Å². The van der Waals surface area contributed by atoms with Gasteiger partial charge in [-0.3, -0.25) is 0 Å². The number of benzene rings is 1. The maximum atomic E-state index is 13.8. The minimum absolute atomic E-state index is 0.500. The highest BCUT2D eigenvalue weighted by molar-refractivity contribution is 5.32. The summed E-state index contributed by atoms with van der Waals surface area (Å²) in [6.07, 6.45) is 0.549. The summed E-state index contributed by atoms with van der Waals surface area (Å²) in [4.78, 5) is 0. The van der Waals surface area contributed by atoms with Crippen molar-refractivity contribution >= 4 is 0 Å². The van der Waals surface area contributed by atoms with Crippen molar-refractivity contribution in [3.63, 3.8) is 0 Å². The van der Waals surface area contributed by atoms with Gasteiger partial charge in [0.25, 0.3) is 0 Å². The molecule has 0 radical (unpaired) electrons. The monoisotopic (exact) mass is 193 g/mol. The first-order chi connectivity index (χ1) is 6.59. The smallest absolute Gasteiger partial charge is 0.139 e. The molecule has 0 bridgehead atoms. The lowest BCUT2D eigenvalue weighted by Gasteiger charge is -2.35. The average Bonchev–Trinajstić information content (AvgIpc) is 2.09. The van der Waals surface area contributed by atoms with E-state index in [0.717, 1.165) is 5.56 Å². The van der Waals surface area contributed by atoms with Crippen LogP contribution in [0.3, 0.4) is 0 Å². The van der Waals surface area contributed by atoms with Crippen LogP contribution in [0.4, 0.5) is 4.39 Å². The first kappa shape index (κ1) is 9.66. The molecule has 2 rings (SSSR count). The van der Waals surface area contributed by atoms with Gasteiger partial charge in [-0.2, -0.15) is 0 Å². The van der Waals surface area contributed by atoms with E-state index in [-0.39, 0.29) is 0 Å². The van der Waals surface area contributed by atoms with E-state index in [0.29, 0.717) is 19.5 Å². The Bertz CT molecular complexity index is 342. The Labute approximate surface area is 84.3 Å². The van der Waals surface area contributed by atoms with E-state index >= 15 is 0 Å². The van der Waals surface area contributed by atoms with Crippen LogP contribution >= 0.6 is 0 Å². The highest BCUT2D eigenvalue weighted by Gasteiger charge is 2.37. The van der Waals surface area contributed by atoms with Crippen LogP contribution in [0.15, 0.2) is 18.2 Å². The molecule has 0 aliphatic carbocycles. The average molecular weight is 193 g/mol. The molecular formula is C12H16FN. The van der Waals surface area contributed by atoms with Crippen molar-refractivity contribution in [2.24, 2.45) is 0 Å². The minimum atomic E-state index is -1.00. The molecule has 1 aromatic rings. The molecule has 1 fully saturated rings. The van der Waals surface area contributed by atoms with Gasteiger partial charge in [-0.15, -0.1) is 0 Å². The molecular weight excluding hydrogens is 177 g/mol. The van der Waals surface area contributed by atoms with Crippen molar-refractivity contribution in [3.05, 3.63) is 34.9 Å². The molecule has 0 aromatic heterocycles. The maximum Gasteiger partial charge on any atom is 0.139 e. The second-order valence-corrected chi connectivity index (χ2v) is 4.36. The van der Waals surface area contributed by atoms with Crippen LogP contribution in [-0.4, -0.2) is 18.8 Å². The third-order valence-electron chi connectivity index (χ3n) is 2.90. The van der Waals surface area contributed by atoms with Gasteiger partial charge in [0.05, 0.1) is 0 Å². The van der Waals surface area contributed by atoms with Crippen molar-refractivity contribution < 1.29 is 4.39 Å². The van der Waals surface area contributed by atoms with Gasteiger partial charge in [-0.1, -0.05) is 23.8 Å². The molecule has 2 heteroatoms. The van der Waals surface area contributed by atoms with E-state index < -0.39 is 5.67 Å². The second-order valence-electron chi connectivity index (χ2n) is 4.36. The lowest BCUT2D eigenvalue weighted by Crippen LogP contribution is -2.57. The fourth-order valence-corrected chi connectivity index (χ4v) is 1.85. The lowest BCUT2D eigenvalue weighted by atomic mass is 9.88. The molecule has 1 aliphatic heterocycles. The first-order valence-electron chi connectivity index (χ1n) is 5.05. The summed E-state index contributed by atoms with van der Waals surface area (Å²) in [7, 11) is 0. The van der Waals surface area contributed by atoms with Gasteiger partial charge in [0, 0.05) is 19.5 Å². The molecule has 0 atom stereocenters. The van der Waals surface area contributed by atoms with E-state index in [1.165, 1.54) is 11.1 Å². The molecule has 14 heavy (non-hydrogen) atoms. The second kappa shape index (κ2) is 3.35. The highest BCUT2D eigenvalue weighted by atomic mass is 19.1. The summed E-state index contributed by atoms with van der Waals surface area (Å²) in [6, 6.07) is 6.23. The summed E-state index contributed by atoms with van der Waals surface area (Å²) in [5.74, 6) is 0. The van der Waals surface area contributed by atoms with Crippen LogP contribution in [-0.2, 0) is 6.42 Å². The third-order valence-corrected chi connectivity index (χ3v) is 2.90. The zero-order valence-corrected chi connectivity index (χ0v) is 8.73. The van der Waals surface area contributed by atoms with E-state index in [4.69, 9.17) is 0 Å². The fourth-order valence-electron chi connectivity index (χ4n) is 1.85. The van der Waals surface area contributed by atoms with Gasteiger partial charge >= 0.3 is 0 Å². The summed E-state index contributed by atoms with van der Waals surface area (Å²) in [5.41, 5.74) is 2.55. The van der Waals surface area contributed by atoms with Crippen LogP contribution in [0, 0.1) is 13.8 Å². The Morgan fingerprint density at radius 3 is 2.64 bits per heavy atom. The quantitative estimate of drug-likeness (QED) is 0.759. The van der Waals surface area contributed by atoms with Crippen molar-refractivity contribution in [3.8, 4) is 0 Å². The van der Waals surface area contributed by atoms with E-state index in [1.54, 1.807) is 0 Å². The Balaban J connectivity index is 2.19. The molecule has 1 nitrogen and oxygen atoms in total. The largest absolute Gasteiger partial charge is 0.310 e. The first-order valence-corrected chi connectivity index (χ1v) is 5.05. The summed E-state index contributed by atoms with van der Waals surface area (Å²) < 4.78 is 13.8. The number of alkyl halides is 1. The Hall–Kier alpha value is -0.890. The minimum Gasteiger partial charge on any atom is -0.310 e.